The van der Waals surface area contributed by atoms with E-state index in [0.29, 0.717) is 12.5 Å². The molecule has 0 fully saturated rings. The van der Waals surface area contributed by atoms with E-state index >= 15 is 0 Å². The fraction of sp³-hybridized carbons (Fsp3) is 0.429. The standard InChI is InChI=1S/C14H19NO3S.Re.Rf.Ru/c1-5-11-7-12(18-14(16)8-19-4)10(2)6-13(11)17-9-15-3;;;/h6-8H,5,9H2,1-4H3;;;/q-2;;;+1. The zero-order valence-corrected chi connectivity index (χ0v) is 24.8. The number of rotatable bonds is 7. The predicted octanol–water partition coefficient (Wildman–Crippen LogP) is 3.32. The van der Waals surface area contributed by atoms with Crippen molar-refractivity contribution in [1.29, 1.82) is 0 Å². The quantitative estimate of drug-likeness (QED) is 0.183. The number of carbonyl (C=O) groups excluding carboxylic acids is 1. The first-order valence-corrected chi connectivity index (χ1v) is 7.30. The average molecular weight is 836 g/mol. The summed E-state index contributed by atoms with van der Waals surface area (Å²) in [7, 11) is 1.70. The van der Waals surface area contributed by atoms with E-state index in [2.05, 4.69) is 5.32 Å². The van der Waals surface area contributed by atoms with Crippen LogP contribution < -0.4 is 9.47 Å². The molecule has 0 spiro atoms. The Hall–Kier alpha value is -1.04. The first kappa shape index (κ1) is 25.9. The Bertz CT molecular complexity index is 452. The van der Waals surface area contributed by atoms with E-state index in [1.54, 1.807) is 7.05 Å². The molecule has 4 nitrogen and oxygen atoms in total. The summed E-state index contributed by atoms with van der Waals surface area (Å²) in [6.07, 6.45) is 2.62. The van der Waals surface area contributed by atoms with E-state index in [-0.39, 0.29) is 45.9 Å². The van der Waals surface area contributed by atoms with Crippen molar-refractivity contribution in [2.24, 2.45) is 0 Å². The maximum absolute atomic E-state index is 11.5. The van der Waals surface area contributed by atoms with Gasteiger partial charge in [0.1, 0.15) is 11.5 Å². The number of aryl methyl sites for hydroxylation is 2. The molecular formula is C14H19NO3ReRfRuS-. The van der Waals surface area contributed by atoms with Crippen molar-refractivity contribution < 1.29 is 54.2 Å². The molecule has 0 saturated heterocycles. The molecule has 0 aliphatic rings. The first-order valence-electron chi connectivity index (χ1n) is 6.02. The number of esters is 1. The molecule has 0 atom stereocenters. The molecule has 1 aromatic carbocycles. The average Bonchev–Trinajstić information content (AvgIpc) is 2.39. The molecule has 0 heterocycles. The van der Waals surface area contributed by atoms with Crippen molar-refractivity contribution in [2.75, 3.05) is 20.0 Å². The summed E-state index contributed by atoms with van der Waals surface area (Å²) in [5.41, 5.74) is 1.87. The van der Waals surface area contributed by atoms with Gasteiger partial charge >= 0.3 is 19.5 Å². The van der Waals surface area contributed by atoms with Gasteiger partial charge in [0.2, 0.25) is 0 Å². The van der Waals surface area contributed by atoms with Crippen LogP contribution in [0.1, 0.15) is 18.1 Å². The summed E-state index contributed by atoms with van der Waals surface area (Å²) >= 11 is 1.32. The Balaban J connectivity index is -0.00000120. The maximum atomic E-state index is 11.5. The van der Waals surface area contributed by atoms with Crippen LogP contribution in [0.5, 0.6) is 11.5 Å². The van der Waals surface area contributed by atoms with Crippen LogP contribution in [-0.2, 0) is 51.1 Å². The van der Waals surface area contributed by atoms with Gasteiger partial charge in [-0.05, 0) is 42.9 Å². The van der Waals surface area contributed by atoms with E-state index < -0.39 is 0 Å². The normalized spacial score (nSPS) is 8.73. The summed E-state index contributed by atoms with van der Waals surface area (Å²) in [6.45, 7) is 4.24. The fourth-order valence-corrected chi connectivity index (χ4v) is 1.83. The molecule has 0 unspecified atom stereocenters. The van der Waals surface area contributed by atoms with Gasteiger partial charge in [-0.15, -0.1) is 0 Å². The predicted molar refractivity (Wildman–Crippen MR) is 78.8 cm³/mol. The largest absolute Gasteiger partial charge is 1.00 e. The van der Waals surface area contributed by atoms with Gasteiger partial charge in [0.05, 0.1) is 0 Å². The Morgan fingerprint density at radius 2 is 2.00 bits per heavy atom. The minimum absolute atomic E-state index is 0. The minimum Gasteiger partial charge on any atom is -0.632 e. The number of carbonyl (C=O) groups is 1. The van der Waals surface area contributed by atoms with Crippen molar-refractivity contribution >= 4 is 17.7 Å². The molecule has 0 aliphatic heterocycles. The number of thioether (sulfide) groups is 1. The molecule has 8 heteroatoms. The number of ether oxygens (including phenoxy) is 2. The molecule has 0 saturated carbocycles. The second-order valence-corrected chi connectivity index (χ2v) is 4.65. The molecule has 2 radical (unpaired) electrons. The summed E-state index contributed by atoms with van der Waals surface area (Å²) in [6, 6.07) is 3.73. The zero-order chi connectivity index (χ0) is 14.3. The van der Waals surface area contributed by atoms with Crippen molar-refractivity contribution in [1.82, 2.24) is 0 Å². The topological polar surface area (TPSA) is 49.6 Å². The Morgan fingerprint density at radius 1 is 1.36 bits per heavy atom. The first-order chi connectivity index (χ1) is 9.12. The SMILES string of the molecule is CCc1cc(OC(=O)[CH-]SC)c(C)cc1OC[N-]C.[Re].[Rf].[Ru+]. The van der Waals surface area contributed by atoms with Crippen LogP contribution in [-0.4, -0.2) is 26.0 Å². The molecule has 0 aliphatic carbocycles. The van der Waals surface area contributed by atoms with E-state index in [0.717, 1.165) is 23.3 Å². The monoisotopic (exact) mass is 837 g/mol. The molecule has 0 N–H and O–H groups in total. The van der Waals surface area contributed by atoms with Crippen LogP contribution in [0.2, 0.25) is 0 Å². The third-order valence-corrected chi connectivity index (χ3v) is 2.94. The maximum Gasteiger partial charge on any atom is 1.00 e. The molecule has 0 bridgehead atoms. The van der Waals surface area contributed by atoms with Crippen LogP contribution in [0.25, 0.3) is 5.32 Å². The van der Waals surface area contributed by atoms with Gasteiger partial charge in [0.25, 0.3) is 0 Å². The van der Waals surface area contributed by atoms with Crippen molar-refractivity contribution in [3.8, 4) is 11.5 Å². The number of nitrogens with zero attached hydrogens (tertiary/aromatic N) is 1. The Morgan fingerprint density at radius 3 is 2.50 bits per heavy atom. The molecular weight excluding hydrogens is 817 g/mol. The van der Waals surface area contributed by atoms with Crippen LogP contribution in [0.15, 0.2) is 12.1 Å². The van der Waals surface area contributed by atoms with Crippen molar-refractivity contribution in [2.45, 2.75) is 20.3 Å². The summed E-state index contributed by atoms with van der Waals surface area (Å²) in [4.78, 5) is 11.5. The van der Waals surface area contributed by atoms with Gasteiger partial charge in [-0.2, -0.15) is 7.05 Å². The number of hydrogen-bond acceptors (Lipinski definition) is 4. The number of benzene rings is 1. The molecule has 1 aromatic rings. The van der Waals surface area contributed by atoms with Crippen LogP contribution >= 0.6 is 11.8 Å². The van der Waals surface area contributed by atoms with E-state index in [1.807, 2.05) is 32.2 Å². The second-order valence-electron chi connectivity index (χ2n) is 3.94. The summed E-state index contributed by atoms with van der Waals surface area (Å²) in [5, 5.41) is 3.92. The van der Waals surface area contributed by atoms with Gasteiger partial charge in [-0.3, -0.25) is 4.79 Å². The minimum atomic E-state index is -0.352. The summed E-state index contributed by atoms with van der Waals surface area (Å²) < 4.78 is 10.8. The van der Waals surface area contributed by atoms with Gasteiger partial charge in [0, 0.05) is 27.2 Å². The van der Waals surface area contributed by atoms with E-state index in [9.17, 15) is 4.79 Å². The smallest absolute Gasteiger partial charge is 0.632 e. The summed E-state index contributed by atoms with van der Waals surface area (Å²) in [5.74, 6) is 2.45. The molecule has 1 rings (SSSR count). The molecule has 22 heavy (non-hydrogen) atoms. The van der Waals surface area contributed by atoms with Crippen molar-refractivity contribution in [3.63, 3.8) is 0 Å². The molecule has 122 valence electrons. The van der Waals surface area contributed by atoms with E-state index in [1.165, 1.54) is 17.5 Å². The van der Waals surface area contributed by atoms with Gasteiger partial charge < -0.3 is 26.6 Å². The molecule has 0 aromatic heterocycles. The van der Waals surface area contributed by atoms with Crippen LogP contribution in [0.4, 0.5) is 0 Å². The Kier molecular flexibility index (Phi) is 16.0. The second kappa shape index (κ2) is 13.6. The van der Waals surface area contributed by atoms with Gasteiger partial charge in [0.15, 0.2) is 5.97 Å². The van der Waals surface area contributed by atoms with Crippen molar-refractivity contribution in [3.05, 3.63) is 34.3 Å². The van der Waals surface area contributed by atoms with E-state index in [4.69, 9.17) is 9.47 Å². The number of hydrogen-bond donors (Lipinski definition) is 0. The third-order valence-electron chi connectivity index (χ3n) is 2.51. The van der Waals surface area contributed by atoms with Gasteiger partial charge in [-0.25, -0.2) is 5.75 Å². The van der Waals surface area contributed by atoms with Gasteiger partial charge in [-0.1, -0.05) is 6.92 Å². The zero-order valence-electron chi connectivity index (χ0n) is 13.2. The van der Waals surface area contributed by atoms with Crippen LogP contribution in [0.3, 0.4) is 0 Å². The fourth-order valence-electron chi connectivity index (χ4n) is 1.59. The third kappa shape index (κ3) is 7.82. The molecule has 0 amide bonds. The van der Waals surface area contributed by atoms with Crippen LogP contribution in [0, 0.1) is 12.7 Å². The Labute approximate surface area is 157 Å².